The molecular formula is C19H10BrN3. The van der Waals surface area contributed by atoms with Crippen LogP contribution in [-0.4, -0.2) is 15.0 Å². The van der Waals surface area contributed by atoms with Crippen LogP contribution in [0.1, 0.15) is 0 Å². The quantitative estimate of drug-likeness (QED) is 0.280. The Bertz CT molecular complexity index is 1140. The first kappa shape index (κ1) is 12.9. The van der Waals surface area contributed by atoms with Crippen molar-refractivity contribution in [2.75, 3.05) is 0 Å². The molecule has 3 aromatic heterocycles. The molecule has 3 nitrogen and oxygen atoms in total. The molecule has 0 amide bonds. The summed E-state index contributed by atoms with van der Waals surface area (Å²) in [6.07, 6.45) is 3.62. The zero-order valence-electron chi connectivity index (χ0n) is 12.0. The van der Waals surface area contributed by atoms with Gasteiger partial charge in [-0.05, 0) is 28.1 Å². The molecule has 5 rings (SSSR count). The standard InChI is InChI=1S/C19H10BrN3/c20-15-13-7-5-11-3-1-9-21-16(11)18(13)23-19-14(15)8-6-12-4-2-10-22-17(12)19/h1-10H. The Hall–Kier alpha value is -2.59. The molecule has 0 aliphatic rings. The van der Waals surface area contributed by atoms with E-state index in [0.717, 1.165) is 48.1 Å². The van der Waals surface area contributed by atoms with Crippen molar-refractivity contribution in [3.8, 4) is 0 Å². The molecule has 0 unspecified atom stereocenters. The number of aromatic nitrogens is 3. The van der Waals surface area contributed by atoms with Gasteiger partial charge in [-0.2, -0.15) is 0 Å². The summed E-state index contributed by atoms with van der Waals surface area (Å²) in [6, 6.07) is 16.4. The van der Waals surface area contributed by atoms with Gasteiger partial charge in [0.15, 0.2) is 0 Å². The molecule has 4 heteroatoms. The van der Waals surface area contributed by atoms with Crippen LogP contribution < -0.4 is 0 Å². The molecular weight excluding hydrogens is 350 g/mol. The lowest BCUT2D eigenvalue weighted by Gasteiger charge is -2.09. The van der Waals surface area contributed by atoms with E-state index in [9.17, 15) is 0 Å². The normalized spacial score (nSPS) is 11.7. The van der Waals surface area contributed by atoms with Crippen LogP contribution in [-0.2, 0) is 0 Å². The van der Waals surface area contributed by atoms with Crippen molar-refractivity contribution in [3.05, 3.63) is 65.4 Å². The number of benzene rings is 2. The van der Waals surface area contributed by atoms with E-state index in [2.05, 4.69) is 62.3 Å². The summed E-state index contributed by atoms with van der Waals surface area (Å²) >= 11 is 3.76. The molecule has 0 spiro atoms. The Kier molecular flexibility index (Phi) is 2.64. The summed E-state index contributed by atoms with van der Waals surface area (Å²) in [6.45, 7) is 0. The van der Waals surface area contributed by atoms with Gasteiger partial charge in [-0.25, -0.2) is 4.98 Å². The highest BCUT2D eigenvalue weighted by molar-refractivity contribution is 9.10. The number of halogens is 1. The fraction of sp³-hybridized carbons (Fsp3) is 0. The van der Waals surface area contributed by atoms with E-state index in [-0.39, 0.29) is 0 Å². The molecule has 2 aromatic carbocycles. The van der Waals surface area contributed by atoms with Crippen molar-refractivity contribution in [3.63, 3.8) is 0 Å². The highest BCUT2D eigenvalue weighted by Gasteiger charge is 2.12. The van der Waals surface area contributed by atoms with Gasteiger partial charge in [-0.3, -0.25) is 9.97 Å². The highest BCUT2D eigenvalue weighted by atomic mass is 79.9. The topological polar surface area (TPSA) is 38.7 Å². The minimum Gasteiger partial charge on any atom is -0.254 e. The van der Waals surface area contributed by atoms with Gasteiger partial charge >= 0.3 is 0 Å². The number of hydrogen-bond acceptors (Lipinski definition) is 3. The smallest absolute Gasteiger partial charge is 0.0984 e. The molecule has 0 bridgehead atoms. The molecule has 5 aromatic rings. The summed E-state index contributed by atoms with van der Waals surface area (Å²) < 4.78 is 1.04. The van der Waals surface area contributed by atoms with Gasteiger partial charge in [-0.15, -0.1) is 0 Å². The Morgan fingerprint density at radius 3 is 1.65 bits per heavy atom. The van der Waals surface area contributed by atoms with Crippen molar-refractivity contribution in [1.29, 1.82) is 0 Å². The van der Waals surface area contributed by atoms with E-state index in [0.29, 0.717) is 0 Å². The molecule has 0 saturated carbocycles. The minimum absolute atomic E-state index is 0.903. The van der Waals surface area contributed by atoms with Crippen LogP contribution in [0.25, 0.3) is 43.6 Å². The number of fused-ring (bicyclic) bond motifs is 6. The average molecular weight is 360 g/mol. The van der Waals surface area contributed by atoms with Gasteiger partial charge in [0.25, 0.3) is 0 Å². The Morgan fingerprint density at radius 2 is 1.13 bits per heavy atom. The van der Waals surface area contributed by atoms with Crippen LogP contribution in [0.4, 0.5) is 0 Å². The van der Waals surface area contributed by atoms with Gasteiger partial charge in [0.05, 0.1) is 22.1 Å². The van der Waals surface area contributed by atoms with E-state index >= 15 is 0 Å². The summed E-state index contributed by atoms with van der Waals surface area (Å²) in [5.41, 5.74) is 3.64. The Balaban J connectivity index is 2.10. The largest absolute Gasteiger partial charge is 0.254 e. The summed E-state index contributed by atoms with van der Waals surface area (Å²) in [5, 5.41) is 4.32. The molecule has 0 radical (unpaired) electrons. The van der Waals surface area contributed by atoms with Gasteiger partial charge in [0, 0.05) is 38.4 Å². The second-order valence-corrected chi connectivity index (χ2v) is 6.29. The fourth-order valence-electron chi connectivity index (χ4n) is 3.10. The van der Waals surface area contributed by atoms with Gasteiger partial charge < -0.3 is 0 Å². The van der Waals surface area contributed by atoms with Crippen molar-refractivity contribution in [1.82, 2.24) is 15.0 Å². The van der Waals surface area contributed by atoms with Crippen molar-refractivity contribution >= 4 is 59.5 Å². The molecule has 0 atom stereocenters. The highest BCUT2D eigenvalue weighted by Crippen LogP contribution is 2.35. The third-order valence-corrected chi connectivity index (χ3v) is 5.05. The van der Waals surface area contributed by atoms with Crippen LogP contribution in [0, 0.1) is 0 Å². The van der Waals surface area contributed by atoms with Crippen LogP contribution >= 0.6 is 15.9 Å². The van der Waals surface area contributed by atoms with Gasteiger partial charge in [0.1, 0.15) is 0 Å². The first-order valence-corrected chi connectivity index (χ1v) is 8.12. The van der Waals surface area contributed by atoms with Gasteiger partial charge in [0.2, 0.25) is 0 Å². The van der Waals surface area contributed by atoms with Crippen LogP contribution in [0.15, 0.2) is 65.4 Å². The second kappa shape index (κ2) is 4.70. The van der Waals surface area contributed by atoms with E-state index < -0.39 is 0 Å². The maximum atomic E-state index is 4.94. The van der Waals surface area contributed by atoms with Crippen molar-refractivity contribution < 1.29 is 0 Å². The third-order valence-electron chi connectivity index (χ3n) is 4.19. The predicted molar refractivity (Wildman–Crippen MR) is 97.6 cm³/mol. The van der Waals surface area contributed by atoms with Crippen molar-refractivity contribution in [2.45, 2.75) is 0 Å². The van der Waals surface area contributed by atoms with E-state index in [1.54, 1.807) is 0 Å². The van der Waals surface area contributed by atoms with Gasteiger partial charge in [-0.1, -0.05) is 36.4 Å². The monoisotopic (exact) mass is 359 g/mol. The molecule has 0 aliphatic heterocycles. The maximum absolute atomic E-state index is 4.94. The summed E-state index contributed by atoms with van der Waals surface area (Å²) in [5.74, 6) is 0. The minimum atomic E-state index is 0.903. The van der Waals surface area contributed by atoms with E-state index in [4.69, 9.17) is 4.98 Å². The maximum Gasteiger partial charge on any atom is 0.0984 e. The Labute approximate surface area is 140 Å². The number of nitrogens with zero attached hydrogens (tertiary/aromatic N) is 3. The fourth-order valence-corrected chi connectivity index (χ4v) is 3.74. The Morgan fingerprint density at radius 1 is 0.609 bits per heavy atom. The first-order valence-electron chi connectivity index (χ1n) is 7.33. The first-order chi connectivity index (χ1) is 11.3. The lowest BCUT2D eigenvalue weighted by Crippen LogP contribution is -1.91. The second-order valence-electron chi connectivity index (χ2n) is 5.50. The lowest BCUT2D eigenvalue weighted by molar-refractivity contribution is 1.38. The van der Waals surface area contributed by atoms with Crippen LogP contribution in [0.2, 0.25) is 0 Å². The third kappa shape index (κ3) is 1.79. The lowest BCUT2D eigenvalue weighted by atomic mass is 10.1. The van der Waals surface area contributed by atoms with Crippen LogP contribution in [0.3, 0.4) is 0 Å². The average Bonchev–Trinajstić information content (AvgIpc) is 2.61. The molecule has 23 heavy (non-hydrogen) atoms. The number of hydrogen-bond donors (Lipinski definition) is 0. The molecule has 0 aliphatic carbocycles. The van der Waals surface area contributed by atoms with E-state index in [1.807, 2.05) is 24.5 Å². The predicted octanol–water partition coefficient (Wildman–Crippen LogP) is 5.25. The SMILES string of the molecule is Brc1c2ccc3cccnc3c2nc2c1ccc1cccnc12. The zero-order valence-corrected chi connectivity index (χ0v) is 13.6. The van der Waals surface area contributed by atoms with Crippen LogP contribution in [0.5, 0.6) is 0 Å². The number of pyridine rings is 3. The molecule has 3 heterocycles. The zero-order chi connectivity index (χ0) is 15.4. The summed E-state index contributed by atoms with van der Waals surface area (Å²) in [4.78, 5) is 14.0. The number of rotatable bonds is 0. The molecule has 0 N–H and O–H groups in total. The molecule has 108 valence electrons. The summed E-state index contributed by atoms with van der Waals surface area (Å²) in [7, 11) is 0. The van der Waals surface area contributed by atoms with E-state index in [1.165, 1.54) is 0 Å². The molecule has 0 saturated heterocycles. The molecule has 0 fully saturated rings. The van der Waals surface area contributed by atoms with Crippen molar-refractivity contribution in [2.24, 2.45) is 0 Å².